The molecule has 2 N–H and O–H groups in total. The highest BCUT2D eigenvalue weighted by atomic mass is 32.1. The number of aromatic nitrogens is 3. The van der Waals surface area contributed by atoms with Crippen LogP contribution in [0.25, 0.3) is 17.1 Å². The zero-order valence-electron chi connectivity index (χ0n) is 18.9. The molecule has 0 unspecified atom stereocenters. The average Bonchev–Trinajstić information content (AvgIpc) is 3.29. The summed E-state index contributed by atoms with van der Waals surface area (Å²) in [5.74, 6) is 0.530. The lowest BCUT2D eigenvalue weighted by molar-refractivity contribution is -0.274. The number of benzene rings is 3. The van der Waals surface area contributed by atoms with E-state index in [1.807, 2.05) is 42.5 Å². The van der Waals surface area contributed by atoms with E-state index in [4.69, 9.17) is 12.2 Å². The van der Waals surface area contributed by atoms with Crippen molar-refractivity contribution in [1.29, 1.82) is 0 Å². The lowest BCUT2D eigenvalue weighted by Crippen LogP contribution is -2.20. The van der Waals surface area contributed by atoms with E-state index >= 15 is 0 Å². The third kappa shape index (κ3) is 6.36. The first-order valence-corrected chi connectivity index (χ1v) is 11.1. The van der Waals surface area contributed by atoms with E-state index in [0.717, 1.165) is 16.9 Å². The molecule has 4 aromatic rings. The van der Waals surface area contributed by atoms with Crippen molar-refractivity contribution in [2.24, 2.45) is 0 Å². The quantitative estimate of drug-likeness (QED) is 0.287. The Morgan fingerprint density at radius 2 is 1.63 bits per heavy atom. The number of halogens is 3. The summed E-state index contributed by atoms with van der Waals surface area (Å²) < 4.78 is 42.4. The highest BCUT2D eigenvalue weighted by Gasteiger charge is 2.31. The molecule has 1 heterocycles. The van der Waals surface area contributed by atoms with Gasteiger partial charge in [-0.1, -0.05) is 32.0 Å². The maximum Gasteiger partial charge on any atom is 0.573 e. The van der Waals surface area contributed by atoms with Crippen molar-refractivity contribution < 1.29 is 17.9 Å². The van der Waals surface area contributed by atoms with Crippen molar-refractivity contribution in [1.82, 2.24) is 14.8 Å². The van der Waals surface area contributed by atoms with Gasteiger partial charge in [-0.2, -0.15) is 0 Å². The van der Waals surface area contributed by atoms with Crippen molar-refractivity contribution in [2.75, 3.05) is 10.6 Å². The Kier molecular flexibility index (Phi) is 7.02. The zero-order valence-corrected chi connectivity index (χ0v) is 19.7. The summed E-state index contributed by atoms with van der Waals surface area (Å²) >= 11 is 5.46. The Morgan fingerprint density at radius 1 is 0.943 bits per heavy atom. The summed E-state index contributed by atoms with van der Waals surface area (Å²) in [7, 11) is 0. The van der Waals surface area contributed by atoms with Gasteiger partial charge in [0.25, 0.3) is 0 Å². The molecule has 0 amide bonds. The number of nitrogens with one attached hydrogen (secondary N) is 2. The van der Waals surface area contributed by atoms with Gasteiger partial charge in [0.15, 0.2) is 10.9 Å². The van der Waals surface area contributed by atoms with Crippen molar-refractivity contribution in [2.45, 2.75) is 26.1 Å². The lowest BCUT2D eigenvalue weighted by Gasteiger charge is -2.16. The van der Waals surface area contributed by atoms with Gasteiger partial charge >= 0.3 is 6.36 Å². The predicted molar refractivity (Wildman–Crippen MR) is 134 cm³/mol. The van der Waals surface area contributed by atoms with E-state index in [9.17, 15) is 13.2 Å². The summed E-state index contributed by atoms with van der Waals surface area (Å²) in [6, 6.07) is 20.8. The van der Waals surface area contributed by atoms with Crippen LogP contribution in [0.1, 0.15) is 25.3 Å². The van der Waals surface area contributed by atoms with E-state index in [2.05, 4.69) is 45.4 Å². The minimum absolute atomic E-state index is 0.301. The first-order valence-electron chi connectivity index (χ1n) is 10.7. The Bertz CT molecular complexity index is 1300. The van der Waals surface area contributed by atoms with E-state index in [0.29, 0.717) is 22.5 Å². The van der Waals surface area contributed by atoms with Crippen molar-refractivity contribution in [3.63, 3.8) is 0 Å². The third-order valence-corrected chi connectivity index (χ3v) is 5.26. The fourth-order valence-corrected chi connectivity index (χ4v) is 3.65. The van der Waals surface area contributed by atoms with E-state index < -0.39 is 6.36 Å². The molecule has 35 heavy (non-hydrogen) atoms. The molecule has 0 atom stereocenters. The molecule has 0 spiro atoms. The number of anilines is 2. The molecule has 4 rings (SSSR count). The van der Waals surface area contributed by atoms with Gasteiger partial charge in [-0.05, 0) is 78.3 Å². The van der Waals surface area contributed by atoms with E-state index in [-0.39, 0.29) is 5.75 Å². The van der Waals surface area contributed by atoms with Crippen LogP contribution < -0.4 is 15.4 Å². The number of hydrogen-bond acceptors (Lipinski definition) is 4. The summed E-state index contributed by atoms with van der Waals surface area (Å²) in [4.78, 5) is 4.30. The van der Waals surface area contributed by atoms with Crippen LogP contribution in [0.15, 0.2) is 79.1 Å². The fourth-order valence-electron chi connectivity index (χ4n) is 3.42. The maximum absolute atomic E-state index is 12.3. The average molecular weight is 498 g/mol. The number of alkyl halides is 3. The normalized spacial score (nSPS) is 11.4. The van der Waals surface area contributed by atoms with Gasteiger partial charge < -0.3 is 15.4 Å². The highest BCUT2D eigenvalue weighted by Crippen LogP contribution is 2.25. The second-order valence-electron chi connectivity index (χ2n) is 7.95. The maximum atomic E-state index is 12.3. The molecule has 1 aromatic heterocycles. The fraction of sp³-hybridized carbons (Fsp3) is 0.160. The van der Waals surface area contributed by atoms with Crippen LogP contribution in [0, 0.1) is 0 Å². The molecule has 0 aliphatic carbocycles. The van der Waals surface area contributed by atoms with Gasteiger partial charge in [0, 0.05) is 16.9 Å². The second-order valence-corrected chi connectivity index (χ2v) is 8.36. The number of para-hydroxylation sites is 1. The summed E-state index contributed by atoms with van der Waals surface area (Å²) in [5, 5.41) is 11.3. The first-order chi connectivity index (χ1) is 16.7. The molecule has 0 radical (unpaired) electrons. The standard InChI is InChI=1S/C25H22F3N5OS/c1-16(2)21-5-3-4-6-22(21)31-24(35)30-18-9-7-17(8-10-18)23-29-15-33(32-23)19-11-13-20(14-12-19)34-25(26,27)28/h3-16H,1-2H3,(H2,30,31,35). The van der Waals surface area contributed by atoms with Gasteiger partial charge in [0.1, 0.15) is 12.1 Å². The van der Waals surface area contributed by atoms with Crippen LogP contribution >= 0.6 is 12.2 Å². The van der Waals surface area contributed by atoms with Gasteiger partial charge in [0.2, 0.25) is 0 Å². The van der Waals surface area contributed by atoms with E-state index in [1.54, 1.807) is 0 Å². The van der Waals surface area contributed by atoms with Gasteiger partial charge in [-0.3, -0.25) is 0 Å². The summed E-state index contributed by atoms with van der Waals surface area (Å²) in [6.07, 6.45) is -3.24. The van der Waals surface area contributed by atoms with Crippen molar-refractivity contribution in [3.05, 3.63) is 84.7 Å². The highest BCUT2D eigenvalue weighted by molar-refractivity contribution is 7.80. The van der Waals surface area contributed by atoms with Gasteiger partial charge in [-0.25, -0.2) is 9.67 Å². The molecule has 0 bridgehead atoms. The number of hydrogen-bond donors (Lipinski definition) is 2. The Morgan fingerprint density at radius 3 is 2.29 bits per heavy atom. The molecule has 0 saturated carbocycles. The summed E-state index contributed by atoms with van der Waals surface area (Å²) in [6.45, 7) is 4.25. The van der Waals surface area contributed by atoms with Crippen molar-refractivity contribution >= 4 is 28.7 Å². The Balaban J connectivity index is 1.40. The monoisotopic (exact) mass is 497 g/mol. The SMILES string of the molecule is CC(C)c1ccccc1NC(=S)Nc1ccc(-c2ncn(-c3ccc(OC(F)(F)F)cc3)n2)cc1. The molecular weight excluding hydrogens is 475 g/mol. The van der Waals surface area contributed by atoms with Crippen LogP contribution in [0.3, 0.4) is 0 Å². The molecular formula is C25H22F3N5OS. The number of thiocarbonyl (C=S) groups is 1. The first kappa shape index (κ1) is 24.2. The van der Waals surface area contributed by atoms with Crippen LogP contribution in [-0.4, -0.2) is 26.2 Å². The largest absolute Gasteiger partial charge is 0.573 e. The number of nitrogens with zero attached hydrogens (tertiary/aromatic N) is 3. The number of ether oxygens (including phenoxy) is 1. The van der Waals surface area contributed by atoms with Gasteiger partial charge in [-0.15, -0.1) is 18.3 Å². The third-order valence-electron chi connectivity index (χ3n) is 5.06. The minimum Gasteiger partial charge on any atom is -0.406 e. The van der Waals surface area contributed by atoms with Crippen molar-refractivity contribution in [3.8, 4) is 22.8 Å². The van der Waals surface area contributed by atoms with Crippen LogP contribution in [-0.2, 0) is 0 Å². The lowest BCUT2D eigenvalue weighted by atomic mass is 10.0. The van der Waals surface area contributed by atoms with Crippen LogP contribution in [0.4, 0.5) is 24.5 Å². The molecule has 6 nitrogen and oxygen atoms in total. The number of rotatable bonds is 6. The molecule has 3 aromatic carbocycles. The predicted octanol–water partition coefficient (Wildman–Crippen LogP) is 6.77. The molecule has 0 fully saturated rings. The zero-order chi connectivity index (χ0) is 25.0. The smallest absolute Gasteiger partial charge is 0.406 e. The van der Waals surface area contributed by atoms with Crippen LogP contribution in [0.5, 0.6) is 5.75 Å². The second kappa shape index (κ2) is 10.1. The Labute approximate surface area is 205 Å². The molecule has 0 saturated heterocycles. The van der Waals surface area contributed by atoms with Crippen LogP contribution in [0.2, 0.25) is 0 Å². The van der Waals surface area contributed by atoms with Gasteiger partial charge in [0.05, 0.1) is 5.69 Å². The molecule has 0 aliphatic rings. The summed E-state index contributed by atoms with van der Waals surface area (Å²) in [5.41, 5.74) is 4.26. The topological polar surface area (TPSA) is 64.0 Å². The molecule has 180 valence electrons. The molecule has 0 aliphatic heterocycles. The Hall–Kier alpha value is -3.92. The minimum atomic E-state index is -4.73. The molecule has 10 heteroatoms. The van der Waals surface area contributed by atoms with E-state index in [1.165, 1.54) is 40.8 Å².